The van der Waals surface area contributed by atoms with Crippen LogP contribution in [0.3, 0.4) is 0 Å². The van der Waals surface area contributed by atoms with Gasteiger partial charge in [-0.15, -0.1) is 0 Å². The van der Waals surface area contributed by atoms with E-state index in [-0.39, 0.29) is 11.3 Å². The van der Waals surface area contributed by atoms with E-state index in [1.54, 1.807) is 13.1 Å². The SMILES string of the molecule is CN/C=C/C(=O)c1ccccc1[N+](=O)[O-]. The van der Waals surface area contributed by atoms with Crippen molar-refractivity contribution >= 4 is 11.5 Å². The molecule has 5 nitrogen and oxygen atoms in total. The van der Waals surface area contributed by atoms with E-state index in [1.165, 1.54) is 30.5 Å². The Kier molecular flexibility index (Phi) is 3.56. The summed E-state index contributed by atoms with van der Waals surface area (Å²) in [5.74, 6) is -0.392. The molecule has 0 heterocycles. The van der Waals surface area contributed by atoms with E-state index in [4.69, 9.17) is 0 Å². The molecule has 0 bridgehead atoms. The van der Waals surface area contributed by atoms with Gasteiger partial charge in [0.2, 0.25) is 0 Å². The quantitative estimate of drug-likeness (QED) is 0.351. The van der Waals surface area contributed by atoms with Crippen LogP contribution in [0.25, 0.3) is 0 Å². The molecule has 0 saturated carbocycles. The molecule has 1 rings (SSSR count). The number of nitro benzene ring substituents is 1. The molecule has 0 fully saturated rings. The minimum Gasteiger partial charge on any atom is -0.394 e. The number of hydrogen-bond donors (Lipinski definition) is 1. The van der Waals surface area contributed by atoms with Gasteiger partial charge in [-0.2, -0.15) is 0 Å². The Hall–Kier alpha value is -2.17. The van der Waals surface area contributed by atoms with Crippen molar-refractivity contribution < 1.29 is 9.72 Å². The van der Waals surface area contributed by atoms with Crippen LogP contribution in [0.4, 0.5) is 5.69 Å². The van der Waals surface area contributed by atoms with E-state index < -0.39 is 10.7 Å². The van der Waals surface area contributed by atoms with Gasteiger partial charge in [-0.25, -0.2) is 0 Å². The number of carbonyl (C=O) groups is 1. The molecule has 1 aromatic carbocycles. The van der Waals surface area contributed by atoms with Crippen LogP contribution >= 0.6 is 0 Å². The van der Waals surface area contributed by atoms with Gasteiger partial charge >= 0.3 is 0 Å². The summed E-state index contributed by atoms with van der Waals surface area (Å²) in [6, 6.07) is 5.85. The molecule has 0 radical (unpaired) electrons. The minimum atomic E-state index is -0.569. The lowest BCUT2D eigenvalue weighted by Gasteiger charge is -1.97. The normalized spacial score (nSPS) is 10.2. The van der Waals surface area contributed by atoms with Gasteiger partial charge in [0.1, 0.15) is 0 Å². The first-order chi connectivity index (χ1) is 7.16. The number of hydrogen-bond acceptors (Lipinski definition) is 4. The van der Waals surface area contributed by atoms with Crippen molar-refractivity contribution in [3.05, 3.63) is 52.2 Å². The summed E-state index contributed by atoms with van der Waals surface area (Å²) in [7, 11) is 1.64. The Morgan fingerprint density at radius 1 is 1.47 bits per heavy atom. The summed E-state index contributed by atoms with van der Waals surface area (Å²) in [5.41, 5.74) is -0.0859. The first-order valence-corrected chi connectivity index (χ1v) is 4.28. The van der Waals surface area contributed by atoms with Crippen molar-refractivity contribution in [1.82, 2.24) is 5.32 Å². The number of nitrogens with zero attached hydrogens (tertiary/aromatic N) is 1. The molecule has 0 aliphatic rings. The van der Waals surface area contributed by atoms with E-state index in [9.17, 15) is 14.9 Å². The molecule has 0 atom stereocenters. The lowest BCUT2D eigenvalue weighted by molar-refractivity contribution is -0.385. The molecule has 0 amide bonds. The number of benzene rings is 1. The van der Waals surface area contributed by atoms with Gasteiger partial charge in [0.05, 0.1) is 10.5 Å². The maximum atomic E-state index is 11.5. The average molecular weight is 206 g/mol. The van der Waals surface area contributed by atoms with Gasteiger partial charge in [0, 0.05) is 25.4 Å². The molecule has 15 heavy (non-hydrogen) atoms. The molecule has 0 spiro atoms. The van der Waals surface area contributed by atoms with Crippen LogP contribution < -0.4 is 5.32 Å². The van der Waals surface area contributed by atoms with Gasteiger partial charge in [0.15, 0.2) is 5.78 Å². The molecule has 0 unspecified atom stereocenters. The average Bonchev–Trinajstić information content (AvgIpc) is 2.25. The number of allylic oxidation sites excluding steroid dienone is 1. The maximum Gasteiger partial charge on any atom is 0.280 e. The van der Waals surface area contributed by atoms with Crippen molar-refractivity contribution in [3.63, 3.8) is 0 Å². The Bertz CT molecular complexity index is 413. The summed E-state index contributed by atoms with van der Waals surface area (Å²) in [6.45, 7) is 0. The lowest BCUT2D eigenvalue weighted by Crippen LogP contribution is -2.02. The fraction of sp³-hybridized carbons (Fsp3) is 0.100. The Morgan fingerprint density at radius 2 is 2.13 bits per heavy atom. The predicted molar refractivity (Wildman–Crippen MR) is 55.6 cm³/mol. The first-order valence-electron chi connectivity index (χ1n) is 4.28. The largest absolute Gasteiger partial charge is 0.394 e. The zero-order chi connectivity index (χ0) is 11.3. The van der Waals surface area contributed by atoms with Crippen molar-refractivity contribution in [1.29, 1.82) is 0 Å². The lowest BCUT2D eigenvalue weighted by atomic mass is 10.1. The number of para-hydroxylation sites is 1. The molecule has 1 aromatic rings. The second-order valence-corrected chi connectivity index (χ2v) is 2.76. The van der Waals surface area contributed by atoms with E-state index in [2.05, 4.69) is 5.32 Å². The van der Waals surface area contributed by atoms with Gasteiger partial charge in [-0.3, -0.25) is 14.9 Å². The number of rotatable bonds is 4. The number of nitro groups is 1. The van der Waals surface area contributed by atoms with Crippen molar-refractivity contribution in [2.45, 2.75) is 0 Å². The highest BCUT2D eigenvalue weighted by molar-refractivity contribution is 6.07. The number of ketones is 1. The molecule has 0 aliphatic carbocycles. The Balaban J connectivity index is 3.08. The summed E-state index contributed by atoms with van der Waals surface area (Å²) in [5, 5.41) is 13.3. The summed E-state index contributed by atoms with van der Waals surface area (Å²) in [6.07, 6.45) is 2.68. The summed E-state index contributed by atoms with van der Waals surface area (Å²) < 4.78 is 0. The smallest absolute Gasteiger partial charge is 0.280 e. The first kappa shape index (κ1) is 10.9. The topological polar surface area (TPSA) is 72.2 Å². The van der Waals surface area contributed by atoms with Gasteiger partial charge < -0.3 is 5.32 Å². The minimum absolute atomic E-state index is 0.0917. The number of nitrogens with one attached hydrogen (secondary N) is 1. The van der Waals surface area contributed by atoms with E-state index in [0.29, 0.717) is 0 Å². The third-order valence-corrected chi connectivity index (χ3v) is 1.77. The Morgan fingerprint density at radius 3 is 2.73 bits per heavy atom. The van der Waals surface area contributed by atoms with Crippen LogP contribution in [-0.4, -0.2) is 17.8 Å². The molecular weight excluding hydrogens is 196 g/mol. The van der Waals surface area contributed by atoms with Gasteiger partial charge in [0.25, 0.3) is 5.69 Å². The second kappa shape index (κ2) is 4.90. The van der Waals surface area contributed by atoms with E-state index >= 15 is 0 Å². The molecule has 1 N–H and O–H groups in total. The molecule has 5 heteroatoms. The predicted octanol–water partition coefficient (Wildman–Crippen LogP) is 1.51. The highest BCUT2D eigenvalue weighted by Crippen LogP contribution is 2.18. The van der Waals surface area contributed by atoms with Crippen LogP contribution in [0.5, 0.6) is 0 Å². The molecule has 0 saturated heterocycles. The van der Waals surface area contributed by atoms with Crippen molar-refractivity contribution in [2.24, 2.45) is 0 Å². The summed E-state index contributed by atoms with van der Waals surface area (Å²) in [4.78, 5) is 21.5. The molecule has 0 aromatic heterocycles. The maximum absolute atomic E-state index is 11.5. The zero-order valence-electron chi connectivity index (χ0n) is 8.14. The fourth-order valence-corrected chi connectivity index (χ4v) is 1.09. The van der Waals surface area contributed by atoms with Crippen LogP contribution in [-0.2, 0) is 0 Å². The Labute approximate surface area is 86.6 Å². The third-order valence-electron chi connectivity index (χ3n) is 1.77. The van der Waals surface area contributed by atoms with Gasteiger partial charge in [-0.05, 0) is 6.07 Å². The van der Waals surface area contributed by atoms with E-state index in [1.807, 2.05) is 0 Å². The summed E-state index contributed by atoms with van der Waals surface area (Å²) >= 11 is 0. The third kappa shape index (κ3) is 2.63. The monoisotopic (exact) mass is 206 g/mol. The fourth-order valence-electron chi connectivity index (χ4n) is 1.09. The molecule has 0 aliphatic heterocycles. The van der Waals surface area contributed by atoms with Crippen LogP contribution in [0.2, 0.25) is 0 Å². The van der Waals surface area contributed by atoms with Crippen LogP contribution in [0, 0.1) is 10.1 Å². The molecule has 78 valence electrons. The van der Waals surface area contributed by atoms with E-state index in [0.717, 1.165) is 0 Å². The van der Waals surface area contributed by atoms with Crippen LogP contribution in [0.1, 0.15) is 10.4 Å². The second-order valence-electron chi connectivity index (χ2n) is 2.76. The van der Waals surface area contributed by atoms with Crippen molar-refractivity contribution in [3.8, 4) is 0 Å². The highest BCUT2D eigenvalue weighted by atomic mass is 16.6. The standard InChI is InChI=1S/C10H10N2O3/c1-11-7-6-10(13)8-4-2-3-5-9(8)12(14)15/h2-7,11H,1H3/b7-6+. The van der Waals surface area contributed by atoms with Crippen LogP contribution in [0.15, 0.2) is 36.5 Å². The zero-order valence-corrected chi connectivity index (χ0v) is 8.14. The van der Waals surface area contributed by atoms with Crippen molar-refractivity contribution in [2.75, 3.05) is 7.05 Å². The van der Waals surface area contributed by atoms with Gasteiger partial charge in [-0.1, -0.05) is 12.1 Å². The molecular formula is C10H10N2O3. The number of carbonyl (C=O) groups excluding carboxylic acids is 1. The highest BCUT2D eigenvalue weighted by Gasteiger charge is 2.16.